The number of amides is 1. The van der Waals surface area contributed by atoms with Crippen molar-refractivity contribution in [3.8, 4) is 5.69 Å². The van der Waals surface area contributed by atoms with Crippen LogP contribution in [0.5, 0.6) is 0 Å². The van der Waals surface area contributed by atoms with Crippen LogP contribution in [0, 0.1) is 0 Å². The number of aliphatic hydroxyl groups is 1. The molecule has 2 N–H and O–H groups in total. The Morgan fingerprint density at radius 3 is 2.75 bits per heavy atom. The third-order valence-corrected chi connectivity index (χ3v) is 4.39. The van der Waals surface area contributed by atoms with Crippen LogP contribution in [-0.2, 0) is 6.42 Å². The van der Waals surface area contributed by atoms with E-state index < -0.39 is 6.10 Å². The molecular formula is C19H17N3O2. The Labute approximate surface area is 139 Å². The molecular weight excluding hydrogens is 302 g/mol. The molecule has 0 saturated heterocycles. The van der Waals surface area contributed by atoms with Crippen LogP contribution < -0.4 is 5.32 Å². The fourth-order valence-corrected chi connectivity index (χ4v) is 3.24. The van der Waals surface area contributed by atoms with E-state index in [1.54, 1.807) is 23.1 Å². The number of rotatable bonds is 3. The number of para-hydroxylation sites is 1. The number of nitrogens with zero attached hydrogens (tertiary/aromatic N) is 2. The van der Waals surface area contributed by atoms with Gasteiger partial charge in [0.2, 0.25) is 0 Å². The first-order chi connectivity index (χ1) is 11.7. The average molecular weight is 319 g/mol. The van der Waals surface area contributed by atoms with Gasteiger partial charge in [0.25, 0.3) is 5.91 Å². The van der Waals surface area contributed by atoms with Crippen LogP contribution >= 0.6 is 0 Å². The molecule has 1 amide bonds. The Bertz CT molecular complexity index is 874. The standard InChI is InChI=1S/C19H17N3O2/c23-17-12-13-6-1-2-7-14(13)18(17)21-19(24)15-8-3-4-9-16(15)22-11-5-10-20-22/h1-11,17-18,23H,12H2,(H,21,24). The second-order valence-corrected chi connectivity index (χ2v) is 5.89. The number of fused-ring (bicyclic) bond motifs is 1. The van der Waals surface area contributed by atoms with Crippen LogP contribution in [0.15, 0.2) is 67.0 Å². The predicted octanol–water partition coefficient (Wildman–Crippen LogP) is 2.26. The largest absolute Gasteiger partial charge is 0.390 e. The maximum Gasteiger partial charge on any atom is 0.254 e. The summed E-state index contributed by atoms with van der Waals surface area (Å²) in [6, 6.07) is 16.5. The van der Waals surface area contributed by atoms with Gasteiger partial charge in [-0.1, -0.05) is 36.4 Å². The van der Waals surface area contributed by atoms with Gasteiger partial charge < -0.3 is 10.4 Å². The topological polar surface area (TPSA) is 67.2 Å². The van der Waals surface area contributed by atoms with E-state index >= 15 is 0 Å². The molecule has 2 unspecified atom stereocenters. The fourth-order valence-electron chi connectivity index (χ4n) is 3.24. The van der Waals surface area contributed by atoms with Crippen molar-refractivity contribution in [3.05, 3.63) is 83.7 Å². The highest BCUT2D eigenvalue weighted by Crippen LogP contribution is 2.31. The second-order valence-electron chi connectivity index (χ2n) is 5.89. The summed E-state index contributed by atoms with van der Waals surface area (Å²) in [5, 5.41) is 17.5. The average Bonchev–Trinajstić information content (AvgIpc) is 3.24. The SMILES string of the molecule is O=C(NC1c2ccccc2CC1O)c1ccccc1-n1cccn1. The number of carbonyl (C=O) groups excluding carboxylic acids is 1. The van der Waals surface area contributed by atoms with Crippen LogP contribution in [0.25, 0.3) is 5.69 Å². The number of aromatic nitrogens is 2. The van der Waals surface area contributed by atoms with E-state index in [9.17, 15) is 9.90 Å². The molecule has 120 valence electrons. The van der Waals surface area contributed by atoms with Crippen molar-refractivity contribution in [1.29, 1.82) is 0 Å². The van der Waals surface area contributed by atoms with Crippen LogP contribution in [-0.4, -0.2) is 26.9 Å². The lowest BCUT2D eigenvalue weighted by molar-refractivity contribution is 0.0858. The molecule has 0 aliphatic heterocycles. The predicted molar refractivity (Wildman–Crippen MR) is 89.9 cm³/mol. The minimum atomic E-state index is -0.608. The van der Waals surface area contributed by atoms with Crippen molar-refractivity contribution >= 4 is 5.91 Å². The summed E-state index contributed by atoms with van der Waals surface area (Å²) in [6.07, 6.45) is 3.42. The van der Waals surface area contributed by atoms with Crippen LogP contribution in [0.3, 0.4) is 0 Å². The smallest absolute Gasteiger partial charge is 0.254 e. The lowest BCUT2D eigenvalue weighted by Crippen LogP contribution is -2.34. The Kier molecular flexibility index (Phi) is 3.63. The van der Waals surface area contributed by atoms with E-state index in [-0.39, 0.29) is 11.9 Å². The monoisotopic (exact) mass is 319 g/mol. The number of hydrogen-bond donors (Lipinski definition) is 2. The van der Waals surface area contributed by atoms with Crippen LogP contribution in [0.4, 0.5) is 0 Å². The molecule has 0 radical (unpaired) electrons. The highest BCUT2D eigenvalue weighted by Gasteiger charge is 2.32. The van der Waals surface area contributed by atoms with Gasteiger partial charge in [0, 0.05) is 18.8 Å². The highest BCUT2D eigenvalue weighted by molar-refractivity contribution is 5.98. The molecule has 4 rings (SSSR count). The second kappa shape index (κ2) is 5.94. The van der Waals surface area contributed by atoms with Crippen molar-refractivity contribution in [2.75, 3.05) is 0 Å². The summed E-state index contributed by atoms with van der Waals surface area (Å²) in [5.74, 6) is -0.221. The van der Waals surface area contributed by atoms with Gasteiger partial charge in [-0.2, -0.15) is 5.10 Å². The molecule has 0 saturated carbocycles. The quantitative estimate of drug-likeness (QED) is 0.778. The van der Waals surface area contributed by atoms with E-state index in [2.05, 4.69) is 10.4 Å². The molecule has 1 aliphatic rings. The molecule has 2 aromatic carbocycles. The molecule has 2 atom stereocenters. The lowest BCUT2D eigenvalue weighted by Gasteiger charge is -2.19. The minimum Gasteiger partial charge on any atom is -0.390 e. The van der Waals surface area contributed by atoms with Crippen molar-refractivity contribution in [3.63, 3.8) is 0 Å². The van der Waals surface area contributed by atoms with Gasteiger partial charge in [-0.05, 0) is 29.3 Å². The summed E-state index contributed by atoms with van der Waals surface area (Å²) < 4.78 is 1.66. The number of carbonyl (C=O) groups is 1. The molecule has 3 aromatic rings. The molecule has 0 fully saturated rings. The first-order valence-electron chi connectivity index (χ1n) is 7.90. The first-order valence-corrected chi connectivity index (χ1v) is 7.90. The van der Waals surface area contributed by atoms with E-state index in [0.29, 0.717) is 17.7 Å². The number of benzene rings is 2. The van der Waals surface area contributed by atoms with Gasteiger partial charge in [0.15, 0.2) is 0 Å². The molecule has 24 heavy (non-hydrogen) atoms. The Morgan fingerprint density at radius 1 is 1.12 bits per heavy atom. The fraction of sp³-hybridized carbons (Fsp3) is 0.158. The van der Waals surface area contributed by atoms with Crippen LogP contribution in [0.1, 0.15) is 27.5 Å². The van der Waals surface area contributed by atoms with E-state index in [0.717, 1.165) is 11.1 Å². The minimum absolute atomic E-state index is 0.221. The zero-order valence-electron chi connectivity index (χ0n) is 13.0. The van der Waals surface area contributed by atoms with Crippen LogP contribution in [0.2, 0.25) is 0 Å². The molecule has 1 aliphatic carbocycles. The number of aliphatic hydroxyl groups excluding tert-OH is 1. The zero-order chi connectivity index (χ0) is 16.5. The molecule has 1 aromatic heterocycles. The number of hydrogen-bond acceptors (Lipinski definition) is 3. The van der Waals surface area contributed by atoms with E-state index in [4.69, 9.17) is 0 Å². The van der Waals surface area contributed by atoms with Gasteiger partial charge in [0.05, 0.1) is 23.4 Å². The Balaban J connectivity index is 1.64. The van der Waals surface area contributed by atoms with Crippen molar-refractivity contribution in [2.24, 2.45) is 0 Å². The van der Waals surface area contributed by atoms with Crippen molar-refractivity contribution < 1.29 is 9.90 Å². The maximum absolute atomic E-state index is 12.8. The summed E-state index contributed by atoms with van der Waals surface area (Å²) in [4.78, 5) is 12.8. The Hall–Kier alpha value is -2.92. The molecule has 0 spiro atoms. The van der Waals surface area contributed by atoms with Gasteiger partial charge in [-0.3, -0.25) is 4.79 Å². The van der Waals surface area contributed by atoms with Crippen molar-refractivity contribution in [2.45, 2.75) is 18.6 Å². The van der Waals surface area contributed by atoms with Gasteiger partial charge in [-0.25, -0.2) is 4.68 Å². The van der Waals surface area contributed by atoms with Gasteiger partial charge in [0.1, 0.15) is 0 Å². The first kappa shape index (κ1) is 14.7. The van der Waals surface area contributed by atoms with Gasteiger partial charge in [-0.15, -0.1) is 0 Å². The maximum atomic E-state index is 12.8. The highest BCUT2D eigenvalue weighted by atomic mass is 16.3. The normalized spacial score (nSPS) is 19.0. The molecule has 1 heterocycles. The van der Waals surface area contributed by atoms with E-state index in [1.165, 1.54) is 0 Å². The summed E-state index contributed by atoms with van der Waals surface area (Å²) in [6.45, 7) is 0. The van der Waals surface area contributed by atoms with E-state index in [1.807, 2.05) is 48.5 Å². The third kappa shape index (κ3) is 2.49. The summed E-state index contributed by atoms with van der Waals surface area (Å²) >= 11 is 0. The molecule has 0 bridgehead atoms. The molecule has 5 nitrogen and oxygen atoms in total. The third-order valence-electron chi connectivity index (χ3n) is 4.39. The Morgan fingerprint density at radius 2 is 1.92 bits per heavy atom. The number of nitrogens with one attached hydrogen (secondary N) is 1. The summed E-state index contributed by atoms with van der Waals surface area (Å²) in [5.41, 5.74) is 3.30. The van der Waals surface area contributed by atoms with Gasteiger partial charge >= 0.3 is 0 Å². The lowest BCUT2D eigenvalue weighted by atomic mass is 10.1. The van der Waals surface area contributed by atoms with Crippen molar-refractivity contribution in [1.82, 2.24) is 15.1 Å². The molecule has 5 heteroatoms. The summed E-state index contributed by atoms with van der Waals surface area (Å²) in [7, 11) is 0. The zero-order valence-corrected chi connectivity index (χ0v) is 13.0.